The summed E-state index contributed by atoms with van der Waals surface area (Å²) in [6.07, 6.45) is 5.42. The van der Waals surface area contributed by atoms with Gasteiger partial charge in [-0.15, -0.1) is 13.2 Å². The first-order valence-corrected chi connectivity index (χ1v) is 13.4. The van der Waals surface area contributed by atoms with E-state index in [0.717, 1.165) is 25.7 Å². The average molecular weight is 526 g/mol. The minimum atomic E-state index is -0.898. The minimum Gasteiger partial charge on any atom is -0.402 e. The molecule has 2 heterocycles. The van der Waals surface area contributed by atoms with Gasteiger partial charge in [0, 0.05) is 30.0 Å². The Labute approximate surface area is 226 Å². The molecule has 2 aromatic rings. The monoisotopic (exact) mass is 525 g/mol. The molecule has 0 saturated heterocycles. The van der Waals surface area contributed by atoms with Crippen molar-refractivity contribution in [2.45, 2.75) is 86.2 Å². The Hall–Kier alpha value is -3.09. The van der Waals surface area contributed by atoms with Crippen molar-refractivity contribution in [2.24, 2.45) is 16.2 Å². The molecule has 0 aliphatic heterocycles. The normalized spacial score (nSPS) is 19.3. The number of aromatic amines is 1. The number of H-pyrrole nitrogens is 1. The van der Waals surface area contributed by atoms with Crippen LogP contribution < -0.4 is 4.74 Å². The van der Waals surface area contributed by atoms with Gasteiger partial charge in [0.2, 0.25) is 5.88 Å². The number of carbonyl (C=O) groups is 1. The van der Waals surface area contributed by atoms with Gasteiger partial charge in [-0.25, -0.2) is 24.0 Å². The number of aromatic nitrogens is 3. The van der Waals surface area contributed by atoms with E-state index in [-0.39, 0.29) is 41.4 Å². The number of amides is 1. The molecule has 208 valence electrons. The summed E-state index contributed by atoms with van der Waals surface area (Å²) in [4.78, 5) is 28.6. The summed E-state index contributed by atoms with van der Waals surface area (Å²) in [5.74, 6) is 0.801. The highest BCUT2D eigenvalue weighted by Gasteiger charge is 2.60. The maximum atomic E-state index is 13.2. The van der Waals surface area contributed by atoms with Crippen molar-refractivity contribution >= 4 is 17.4 Å². The Kier molecular flexibility index (Phi) is 8.49. The molecule has 1 fully saturated rings. The average Bonchev–Trinajstić information content (AvgIpc) is 3.40. The Bertz CT molecular complexity index is 1210. The lowest BCUT2D eigenvalue weighted by Crippen LogP contribution is -2.53. The molecule has 0 aromatic carbocycles. The van der Waals surface area contributed by atoms with Gasteiger partial charge in [-0.05, 0) is 30.1 Å². The van der Waals surface area contributed by atoms with Gasteiger partial charge in [0.1, 0.15) is 11.9 Å². The van der Waals surface area contributed by atoms with Crippen molar-refractivity contribution in [1.29, 1.82) is 0 Å². The number of hydrogen-bond acceptors (Lipinski definition) is 5. The van der Waals surface area contributed by atoms with E-state index >= 15 is 0 Å². The van der Waals surface area contributed by atoms with Crippen molar-refractivity contribution in [1.82, 2.24) is 19.5 Å². The molecule has 9 heteroatoms. The van der Waals surface area contributed by atoms with Crippen LogP contribution in [-0.4, -0.2) is 43.9 Å². The molecule has 0 spiro atoms. The lowest BCUT2D eigenvalue weighted by atomic mass is 9.45. The lowest BCUT2D eigenvalue weighted by molar-refractivity contribution is -0.337. The smallest absolute Gasteiger partial charge is 0.402 e. The van der Waals surface area contributed by atoms with Gasteiger partial charge in [0.25, 0.3) is 5.69 Å². The van der Waals surface area contributed by atoms with Gasteiger partial charge in [-0.3, -0.25) is 10.4 Å². The molecule has 2 aromatic heterocycles. The lowest BCUT2D eigenvalue weighted by Gasteiger charge is -2.60. The van der Waals surface area contributed by atoms with E-state index in [0.29, 0.717) is 17.0 Å². The van der Waals surface area contributed by atoms with E-state index < -0.39 is 17.6 Å². The molecule has 1 amide bonds. The quantitative estimate of drug-likeness (QED) is 0.144. The molecular formula is C29H43N5O4. The standard InChI is InChI=1S/C29H43N5O4/c1-11-17-33(18-12-2)26(35)37-25-21(30-10)20(24-31-23(19(4)13-3)32-34(24)25)22(38-36)29(9)27(5,6)15-14-16-28(29,7)8/h11-12,19,22,36H,1-2,13-18H2,3-9H3,(H,31,32). The summed E-state index contributed by atoms with van der Waals surface area (Å²) >= 11 is 0. The van der Waals surface area contributed by atoms with Crippen LogP contribution in [0.25, 0.3) is 10.5 Å². The molecule has 0 radical (unpaired) electrons. The fourth-order valence-corrected chi connectivity index (χ4v) is 6.12. The SMILES string of the molecule is [C-]#[N+]c1c(C(OO)C2(C)C(C)(C)CCCC2(C)C)c2nc(C(C)CC)[nH]n2c1OC(=O)N(CC=C)CC=C. The zero-order valence-corrected chi connectivity index (χ0v) is 23.9. The number of fused-ring (bicyclic) bond motifs is 1. The molecule has 9 nitrogen and oxygen atoms in total. The topological polar surface area (TPSA) is 96.5 Å². The molecule has 1 aliphatic rings. The van der Waals surface area contributed by atoms with Crippen LogP contribution in [0.3, 0.4) is 0 Å². The second-order valence-corrected chi connectivity index (χ2v) is 11.9. The second-order valence-electron chi connectivity index (χ2n) is 11.9. The summed E-state index contributed by atoms with van der Waals surface area (Å²) < 4.78 is 7.42. The van der Waals surface area contributed by atoms with Crippen molar-refractivity contribution < 1.29 is 19.7 Å². The third-order valence-electron chi connectivity index (χ3n) is 9.21. The van der Waals surface area contributed by atoms with E-state index in [4.69, 9.17) is 21.2 Å². The predicted octanol–water partition coefficient (Wildman–Crippen LogP) is 7.67. The predicted molar refractivity (Wildman–Crippen MR) is 148 cm³/mol. The Morgan fingerprint density at radius 3 is 2.29 bits per heavy atom. The van der Waals surface area contributed by atoms with E-state index in [1.165, 1.54) is 4.90 Å². The summed E-state index contributed by atoms with van der Waals surface area (Å²) in [5.41, 5.74) is -0.170. The maximum Gasteiger partial charge on any atom is 0.416 e. The van der Waals surface area contributed by atoms with Gasteiger partial charge in [-0.2, -0.15) is 0 Å². The van der Waals surface area contributed by atoms with E-state index in [1.807, 2.05) is 6.92 Å². The third kappa shape index (κ3) is 4.65. The van der Waals surface area contributed by atoms with E-state index in [2.05, 4.69) is 64.6 Å². The highest BCUT2D eigenvalue weighted by molar-refractivity contribution is 5.80. The van der Waals surface area contributed by atoms with Crippen LogP contribution in [0.5, 0.6) is 5.88 Å². The highest BCUT2D eigenvalue weighted by Crippen LogP contribution is 2.67. The van der Waals surface area contributed by atoms with Crippen LogP contribution in [0.2, 0.25) is 0 Å². The third-order valence-corrected chi connectivity index (χ3v) is 9.21. The Morgan fingerprint density at radius 1 is 1.24 bits per heavy atom. The van der Waals surface area contributed by atoms with Gasteiger partial charge in [0.15, 0.2) is 5.65 Å². The zero-order valence-electron chi connectivity index (χ0n) is 23.9. The van der Waals surface area contributed by atoms with Crippen LogP contribution in [0.1, 0.15) is 97.6 Å². The van der Waals surface area contributed by atoms with Gasteiger partial charge < -0.3 is 9.64 Å². The molecule has 3 rings (SSSR count). The zero-order chi connectivity index (χ0) is 28.5. The molecule has 2 unspecified atom stereocenters. The van der Waals surface area contributed by atoms with Crippen molar-refractivity contribution in [3.05, 3.63) is 48.1 Å². The first kappa shape index (κ1) is 29.5. The number of carbonyl (C=O) groups excluding carboxylic acids is 1. The molecule has 2 atom stereocenters. The van der Waals surface area contributed by atoms with Gasteiger partial charge in [-0.1, -0.05) is 67.0 Å². The molecular weight excluding hydrogens is 482 g/mol. The summed E-state index contributed by atoms with van der Waals surface area (Å²) in [6.45, 7) is 31.0. The van der Waals surface area contributed by atoms with Crippen molar-refractivity contribution in [3.8, 4) is 5.88 Å². The Morgan fingerprint density at radius 2 is 1.82 bits per heavy atom. The number of nitrogens with one attached hydrogen (secondary N) is 1. The van der Waals surface area contributed by atoms with Crippen molar-refractivity contribution in [2.75, 3.05) is 13.1 Å². The molecule has 38 heavy (non-hydrogen) atoms. The first-order chi connectivity index (χ1) is 17.8. The van der Waals surface area contributed by atoms with Crippen LogP contribution in [0, 0.1) is 22.8 Å². The van der Waals surface area contributed by atoms with Gasteiger partial charge in [0.05, 0.1) is 6.57 Å². The summed E-state index contributed by atoms with van der Waals surface area (Å²) in [5, 5.41) is 13.8. The summed E-state index contributed by atoms with van der Waals surface area (Å²) in [6, 6.07) is 0. The minimum absolute atomic E-state index is 0.0206. The number of ether oxygens (including phenoxy) is 1. The van der Waals surface area contributed by atoms with E-state index in [9.17, 15) is 10.1 Å². The molecule has 0 bridgehead atoms. The molecule has 2 N–H and O–H groups in total. The highest BCUT2D eigenvalue weighted by atomic mass is 17.1. The summed E-state index contributed by atoms with van der Waals surface area (Å²) in [7, 11) is 0. The van der Waals surface area contributed by atoms with E-state index in [1.54, 1.807) is 16.7 Å². The number of hydrogen-bond donors (Lipinski definition) is 2. The Balaban J connectivity index is 2.32. The van der Waals surface area contributed by atoms with Crippen molar-refractivity contribution in [3.63, 3.8) is 0 Å². The number of rotatable bonds is 10. The van der Waals surface area contributed by atoms with Crippen LogP contribution in [0.15, 0.2) is 25.3 Å². The second kappa shape index (κ2) is 11.0. The maximum absolute atomic E-state index is 13.2. The van der Waals surface area contributed by atoms with Crippen LogP contribution in [0.4, 0.5) is 10.5 Å². The fraction of sp³-hybridized carbons (Fsp3) is 0.621. The van der Waals surface area contributed by atoms with Gasteiger partial charge >= 0.3 is 6.09 Å². The molecule has 1 saturated carbocycles. The first-order valence-electron chi connectivity index (χ1n) is 13.4. The van der Waals surface area contributed by atoms with Crippen LogP contribution in [-0.2, 0) is 4.89 Å². The largest absolute Gasteiger partial charge is 0.416 e. The molecule has 1 aliphatic carbocycles. The fourth-order valence-electron chi connectivity index (χ4n) is 6.12. The number of nitrogens with zero attached hydrogens (tertiary/aromatic N) is 4. The van der Waals surface area contributed by atoms with Crippen LogP contribution >= 0.6 is 0 Å².